The van der Waals surface area contributed by atoms with E-state index >= 15 is 0 Å². The lowest BCUT2D eigenvalue weighted by atomic mass is 10.1. The molecule has 1 heterocycles. The molecule has 3 aromatic carbocycles. The minimum atomic E-state index is -0.753. The third kappa shape index (κ3) is 6.35. The number of fused-ring (bicyclic) bond motifs is 1. The number of amides is 1. The van der Waals surface area contributed by atoms with Gasteiger partial charge in [0.05, 0.1) is 27.7 Å². The predicted molar refractivity (Wildman–Crippen MR) is 154 cm³/mol. The maximum absolute atomic E-state index is 13.9. The molecule has 206 valence electrons. The second-order valence-corrected chi connectivity index (χ2v) is 10.1. The van der Waals surface area contributed by atoms with Gasteiger partial charge >= 0.3 is 5.69 Å². The first-order chi connectivity index (χ1) is 19.1. The van der Waals surface area contributed by atoms with Crippen LogP contribution in [0.3, 0.4) is 0 Å². The Kier molecular flexibility index (Phi) is 8.90. The Balaban J connectivity index is 1.75. The van der Waals surface area contributed by atoms with Gasteiger partial charge in [0.25, 0.3) is 11.5 Å². The molecule has 0 bridgehead atoms. The molecule has 0 radical (unpaired) electrons. The van der Waals surface area contributed by atoms with Crippen LogP contribution in [-0.2, 0) is 4.79 Å². The fraction of sp³-hybridized carbons (Fsp3) is 0.185. The Morgan fingerprint density at radius 2 is 2.05 bits per heavy atom. The molecule has 40 heavy (non-hydrogen) atoms. The van der Waals surface area contributed by atoms with Gasteiger partial charge in [0.1, 0.15) is 11.6 Å². The van der Waals surface area contributed by atoms with Gasteiger partial charge in [-0.1, -0.05) is 53.5 Å². The van der Waals surface area contributed by atoms with Crippen molar-refractivity contribution in [3.05, 3.63) is 102 Å². The van der Waals surface area contributed by atoms with Gasteiger partial charge in [-0.3, -0.25) is 19.7 Å². The summed E-state index contributed by atoms with van der Waals surface area (Å²) in [6.45, 7) is 3.15. The van der Waals surface area contributed by atoms with E-state index in [1.54, 1.807) is 18.2 Å². The number of hydrogen-bond donors (Lipinski definition) is 1. The first-order valence-corrected chi connectivity index (χ1v) is 13.2. The topological polar surface area (TPSA) is 129 Å². The van der Waals surface area contributed by atoms with Crippen LogP contribution in [0.5, 0.6) is 5.75 Å². The number of hydrogen-bond acceptors (Lipinski definition) is 7. The molecule has 0 saturated heterocycles. The zero-order chi connectivity index (χ0) is 29.0. The molecule has 0 spiro atoms. The molecule has 4 rings (SSSR count). The van der Waals surface area contributed by atoms with Crippen molar-refractivity contribution in [2.24, 2.45) is 5.10 Å². The lowest BCUT2D eigenvalue weighted by molar-refractivity contribution is -0.385. The number of aromatic nitrogens is 2. The first-order valence-electron chi connectivity index (χ1n) is 12.0. The monoisotopic (exact) mass is 629 g/mol. The third-order valence-electron chi connectivity index (χ3n) is 5.95. The smallest absolute Gasteiger partial charge is 0.313 e. The van der Waals surface area contributed by atoms with Gasteiger partial charge in [-0.2, -0.15) is 9.78 Å². The number of benzene rings is 3. The molecule has 0 aliphatic heterocycles. The Hall–Kier alpha value is -4.16. The molecule has 1 N–H and O–H groups in total. The number of ether oxygens (including phenoxy) is 1. The molecule has 1 aromatic heterocycles. The number of nitrogens with zero attached hydrogens (tertiary/aromatic N) is 4. The summed E-state index contributed by atoms with van der Waals surface area (Å²) in [6.07, 6.45) is 1.85. The van der Waals surface area contributed by atoms with Crippen molar-refractivity contribution in [3.63, 3.8) is 0 Å². The number of rotatable bonds is 9. The maximum Gasteiger partial charge on any atom is 0.313 e. The molecule has 4 aromatic rings. The zero-order valence-electron chi connectivity index (χ0n) is 21.2. The van der Waals surface area contributed by atoms with E-state index in [9.17, 15) is 24.1 Å². The highest BCUT2D eigenvalue weighted by Gasteiger charge is 2.22. The van der Waals surface area contributed by atoms with Gasteiger partial charge in [-0.05, 0) is 42.8 Å². The molecular weight excluding hydrogens is 609 g/mol. The van der Waals surface area contributed by atoms with Gasteiger partial charge in [-0.25, -0.2) is 9.37 Å². The summed E-state index contributed by atoms with van der Waals surface area (Å²) < 4.78 is 21.2. The molecule has 0 unspecified atom stereocenters. The van der Waals surface area contributed by atoms with Crippen LogP contribution in [0, 0.1) is 15.9 Å². The van der Waals surface area contributed by atoms with Crippen LogP contribution in [0.4, 0.5) is 15.8 Å². The van der Waals surface area contributed by atoms with Crippen LogP contribution in [0.15, 0.2) is 69.0 Å². The van der Waals surface area contributed by atoms with Gasteiger partial charge in [-0.15, -0.1) is 0 Å². The van der Waals surface area contributed by atoms with E-state index in [0.29, 0.717) is 27.6 Å². The maximum atomic E-state index is 13.9. The van der Waals surface area contributed by atoms with Crippen molar-refractivity contribution in [2.45, 2.75) is 26.2 Å². The van der Waals surface area contributed by atoms with Crippen molar-refractivity contribution in [1.29, 1.82) is 0 Å². The molecule has 0 aliphatic rings. The second kappa shape index (κ2) is 12.3. The van der Waals surface area contributed by atoms with Crippen LogP contribution in [0.25, 0.3) is 10.9 Å². The molecule has 13 heteroatoms. The van der Waals surface area contributed by atoms with Crippen LogP contribution >= 0.6 is 27.5 Å². The van der Waals surface area contributed by atoms with Crippen LogP contribution in [0.2, 0.25) is 5.02 Å². The van der Waals surface area contributed by atoms with Crippen LogP contribution in [-0.4, -0.2) is 33.3 Å². The van der Waals surface area contributed by atoms with Gasteiger partial charge in [0.2, 0.25) is 5.75 Å². The highest BCUT2D eigenvalue weighted by molar-refractivity contribution is 9.10. The number of nitrogens with one attached hydrogen (secondary N) is 1. The lowest BCUT2D eigenvalue weighted by Crippen LogP contribution is -2.24. The standard InChI is InChI=1S/C27H22BrClFN5O5/c1-3-15(2)26-33-21-9-8-17(28)11-19(21)27(37)34(26)31-13-16-10-18(29)12-23(35(38)39)25(16)40-14-24(36)32-22-7-5-4-6-20(22)30/h4-13,15H,3,14H2,1-2H3,(H,32,36)/t15-/m0/s1. The van der Waals surface area contributed by atoms with E-state index < -0.39 is 34.5 Å². The number of carbonyl (C=O) groups excluding carboxylic acids is 1. The highest BCUT2D eigenvalue weighted by atomic mass is 79.9. The van der Waals surface area contributed by atoms with Crippen molar-refractivity contribution >= 4 is 61.9 Å². The minimum Gasteiger partial charge on any atom is -0.476 e. The van der Waals surface area contributed by atoms with E-state index in [2.05, 4.69) is 31.3 Å². The van der Waals surface area contributed by atoms with E-state index in [1.165, 1.54) is 36.5 Å². The molecule has 1 atom stereocenters. The number of anilines is 1. The Bertz CT molecular complexity index is 1710. The third-order valence-corrected chi connectivity index (χ3v) is 6.67. The molecule has 10 nitrogen and oxygen atoms in total. The predicted octanol–water partition coefficient (Wildman–Crippen LogP) is 6.27. The average Bonchev–Trinajstić information content (AvgIpc) is 2.92. The number of carbonyl (C=O) groups is 1. The van der Waals surface area contributed by atoms with Crippen LogP contribution in [0.1, 0.15) is 37.6 Å². The van der Waals surface area contributed by atoms with Crippen molar-refractivity contribution in [1.82, 2.24) is 9.66 Å². The summed E-state index contributed by atoms with van der Waals surface area (Å²) in [7, 11) is 0. The molecule has 0 saturated carbocycles. The number of halogens is 3. The Morgan fingerprint density at radius 1 is 1.30 bits per heavy atom. The fourth-order valence-electron chi connectivity index (χ4n) is 3.77. The normalized spacial score (nSPS) is 12.0. The van der Waals surface area contributed by atoms with E-state index in [-0.39, 0.29) is 27.9 Å². The minimum absolute atomic E-state index is 0.00590. The SMILES string of the molecule is CC[C@H](C)c1nc2ccc(Br)cc2c(=O)n1N=Cc1cc(Cl)cc([N+](=O)[O-])c1OCC(=O)Nc1ccccc1F. The number of para-hydroxylation sites is 1. The molecular formula is C27H22BrClFN5O5. The largest absolute Gasteiger partial charge is 0.476 e. The van der Waals surface area contributed by atoms with E-state index in [4.69, 9.17) is 16.3 Å². The van der Waals surface area contributed by atoms with E-state index in [1.807, 2.05) is 13.8 Å². The fourth-order valence-corrected chi connectivity index (χ4v) is 4.36. The molecule has 1 amide bonds. The molecule has 0 aliphatic carbocycles. The number of nitro groups is 1. The van der Waals surface area contributed by atoms with Gasteiger partial charge < -0.3 is 10.1 Å². The van der Waals surface area contributed by atoms with Crippen LogP contribution < -0.4 is 15.6 Å². The Labute approximate surface area is 240 Å². The summed E-state index contributed by atoms with van der Waals surface area (Å²) in [5, 5.41) is 18.8. The summed E-state index contributed by atoms with van der Waals surface area (Å²) >= 11 is 9.50. The second-order valence-electron chi connectivity index (χ2n) is 8.72. The summed E-state index contributed by atoms with van der Waals surface area (Å²) in [6, 6.07) is 13.1. The van der Waals surface area contributed by atoms with Crippen molar-refractivity contribution in [2.75, 3.05) is 11.9 Å². The van der Waals surface area contributed by atoms with Crippen molar-refractivity contribution < 1.29 is 18.8 Å². The Morgan fingerprint density at radius 3 is 2.75 bits per heavy atom. The van der Waals surface area contributed by atoms with Crippen molar-refractivity contribution in [3.8, 4) is 5.75 Å². The lowest BCUT2D eigenvalue weighted by Gasteiger charge is -2.14. The average molecular weight is 631 g/mol. The number of nitro benzene ring substituents is 1. The van der Waals surface area contributed by atoms with Gasteiger partial charge in [0.15, 0.2) is 6.61 Å². The quantitative estimate of drug-likeness (QED) is 0.132. The van der Waals surface area contributed by atoms with Gasteiger partial charge in [0, 0.05) is 27.0 Å². The summed E-state index contributed by atoms with van der Waals surface area (Å²) in [5.74, 6) is -1.47. The molecule has 0 fully saturated rings. The zero-order valence-corrected chi connectivity index (χ0v) is 23.6. The van der Waals surface area contributed by atoms with E-state index in [0.717, 1.165) is 10.7 Å². The highest BCUT2D eigenvalue weighted by Crippen LogP contribution is 2.34. The summed E-state index contributed by atoms with van der Waals surface area (Å²) in [4.78, 5) is 41.6. The first kappa shape index (κ1) is 28.8. The summed E-state index contributed by atoms with van der Waals surface area (Å²) in [5.41, 5.74) is -0.507.